The van der Waals surface area contributed by atoms with Crippen LogP contribution in [0.15, 0.2) is 72.9 Å². The summed E-state index contributed by atoms with van der Waals surface area (Å²) in [5.74, 6) is -0.933. The van der Waals surface area contributed by atoms with Crippen molar-refractivity contribution in [1.29, 1.82) is 0 Å². The number of carbonyl (C=O) groups is 3. The van der Waals surface area contributed by atoms with Crippen LogP contribution < -0.4 is 0 Å². The molecule has 0 aromatic rings. The first-order chi connectivity index (χ1) is 32.5. The summed E-state index contributed by atoms with van der Waals surface area (Å²) in [6.07, 6.45) is 68.9. The SMILES string of the molecule is CC/C=C\C/C=C\CCCCCCCC(=O)OCC(COC(=O)CCCCCCC/C=C\C=C/CCCCCCCCC)OC(=O)CCCCCCC/C=C\C=C/CCCCCCCCC. The van der Waals surface area contributed by atoms with Crippen LogP contribution in [-0.4, -0.2) is 37.2 Å². The summed E-state index contributed by atoms with van der Waals surface area (Å²) >= 11 is 0. The molecule has 6 heteroatoms. The predicted molar refractivity (Wildman–Crippen MR) is 284 cm³/mol. The predicted octanol–water partition coefficient (Wildman–Crippen LogP) is 18.6. The topological polar surface area (TPSA) is 78.9 Å². The second-order valence-electron chi connectivity index (χ2n) is 18.5. The van der Waals surface area contributed by atoms with Crippen LogP contribution in [-0.2, 0) is 28.6 Å². The van der Waals surface area contributed by atoms with Crippen LogP contribution in [0, 0.1) is 0 Å². The van der Waals surface area contributed by atoms with Gasteiger partial charge >= 0.3 is 17.9 Å². The molecule has 1 atom stereocenters. The van der Waals surface area contributed by atoms with E-state index in [1.165, 1.54) is 103 Å². The number of allylic oxidation sites excluding steroid dienone is 12. The van der Waals surface area contributed by atoms with E-state index in [0.29, 0.717) is 19.3 Å². The van der Waals surface area contributed by atoms with Crippen LogP contribution in [0.4, 0.5) is 0 Å². The lowest BCUT2D eigenvalue weighted by Gasteiger charge is -2.18. The molecular formula is C60H104O6. The van der Waals surface area contributed by atoms with Crippen molar-refractivity contribution in [3.63, 3.8) is 0 Å². The molecule has 0 aliphatic rings. The van der Waals surface area contributed by atoms with Crippen LogP contribution in [0.2, 0.25) is 0 Å². The molecule has 0 spiro atoms. The average molecular weight is 921 g/mol. The number of esters is 3. The van der Waals surface area contributed by atoms with Crippen LogP contribution >= 0.6 is 0 Å². The highest BCUT2D eigenvalue weighted by Gasteiger charge is 2.19. The van der Waals surface area contributed by atoms with Crippen LogP contribution in [0.5, 0.6) is 0 Å². The Morgan fingerprint density at radius 1 is 0.333 bits per heavy atom. The molecule has 0 saturated heterocycles. The van der Waals surface area contributed by atoms with Gasteiger partial charge in [-0.15, -0.1) is 0 Å². The van der Waals surface area contributed by atoms with Crippen molar-refractivity contribution in [1.82, 2.24) is 0 Å². The largest absolute Gasteiger partial charge is 0.462 e. The van der Waals surface area contributed by atoms with E-state index in [9.17, 15) is 14.4 Å². The Morgan fingerprint density at radius 3 is 1.00 bits per heavy atom. The van der Waals surface area contributed by atoms with E-state index < -0.39 is 6.10 Å². The highest BCUT2D eigenvalue weighted by atomic mass is 16.6. The molecule has 0 amide bonds. The minimum absolute atomic E-state index is 0.0944. The third kappa shape index (κ3) is 51.8. The molecule has 6 nitrogen and oxygen atoms in total. The maximum absolute atomic E-state index is 12.8. The average Bonchev–Trinajstić information content (AvgIpc) is 3.31. The molecule has 0 rings (SSSR count). The van der Waals surface area contributed by atoms with Gasteiger partial charge in [0.15, 0.2) is 6.10 Å². The number of ether oxygens (including phenoxy) is 3. The molecule has 380 valence electrons. The van der Waals surface area contributed by atoms with Crippen LogP contribution in [0.1, 0.15) is 271 Å². The fourth-order valence-electron chi connectivity index (χ4n) is 7.76. The first-order valence-corrected chi connectivity index (χ1v) is 28.0. The highest BCUT2D eigenvalue weighted by Crippen LogP contribution is 2.14. The Balaban J connectivity index is 4.43. The molecule has 1 unspecified atom stereocenters. The number of hydrogen-bond donors (Lipinski definition) is 0. The van der Waals surface area contributed by atoms with Gasteiger partial charge in [0.05, 0.1) is 0 Å². The smallest absolute Gasteiger partial charge is 0.306 e. The van der Waals surface area contributed by atoms with Gasteiger partial charge in [-0.1, -0.05) is 229 Å². The van der Waals surface area contributed by atoms with Crippen molar-refractivity contribution in [2.45, 2.75) is 277 Å². The molecule has 0 bridgehead atoms. The summed E-state index contributed by atoms with van der Waals surface area (Å²) in [6, 6.07) is 0. The van der Waals surface area contributed by atoms with E-state index >= 15 is 0 Å². The number of rotatable bonds is 50. The fourth-order valence-corrected chi connectivity index (χ4v) is 7.76. The number of carbonyl (C=O) groups excluding carboxylic acids is 3. The molecule has 66 heavy (non-hydrogen) atoms. The van der Waals surface area contributed by atoms with Gasteiger partial charge in [0.25, 0.3) is 0 Å². The molecule has 0 aliphatic carbocycles. The third-order valence-corrected chi connectivity index (χ3v) is 12.0. The standard InChI is InChI=1S/C60H104O6/c1-4-7-10-13-16-19-22-25-27-29-31-33-35-38-41-44-47-50-53-59(62)65-56-57(55-64-58(61)52-49-46-43-40-37-24-21-18-15-12-9-6-3)66-60(63)54-51-48-45-42-39-36-34-32-30-28-26-23-20-17-14-11-8-5-2/h9,12,18,21,27-34,57H,4-8,10-11,13-17,19-20,22-26,35-56H2,1-3H3/b12-9-,21-18-,29-27-,30-28-,33-31-,34-32-. The molecule has 0 aromatic carbocycles. The van der Waals surface area contributed by atoms with E-state index in [-0.39, 0.29) is 31.1 Å². The lowest BCUT2D eigenvalue weighted by molar-refractivity contribution is -0.167. The van der Waals surface area contributed by atoms with Gasteiger partial charge in [-0.3, -0.25) is 14.4 Å². The normalized spacial score (nSPS) is 12.6. The summed E-state index contributed by atoms with van der Waals surface area (Å²) in [4.78, 5) is 38.1. The first kappa shape index (κ1) is 62.8. The Labute approximate surface area is 408 Å². The maximum Gasteiger partial charge on any atom is 0.306 e. The molecule has 0 aliphatic heterocycles. The minimum Gasteiger partial charge on any atom is -0.462 e. The minimum atomic E-state index is -0.796. The van der Waals surface area contributed by atoms with Crippen molar-refractivity contribution in [2.24, 2.45) is 0 Å². The van der Waals surface area contributed by atoms with E-state index in [0.717, 1.165) is 128 Å². The number of unbranched alkanes of at least 4 members (excludes halogenated alkanes) is 29. The van der Waals surface area contributed by atoms with E-state index in [4.69, 9.17) is 14.2 Å². The van der Waals surface area contributed by atoms with Crippen molar-refractivity contribution in [3.05, 3.63) is 72.9 Å². The summed E-state index contributed by atoms with van der Waals surface area (Å²) in [5.41, 5.74) is 0. The van der Waals surface area contributed by atoms with Gasteiger partial charge in [-0.05, 0) is 96.3 Å². The van der Waals surface area contributed by atoms with Gasteiger partial charge in [-0.2, -0.15) is 0 Å². The molecule has 0 aromatic heterocycles. The van der Waals surface area contributed by atoms with Crippen molar-refractivity contribution < 1.29 is 28.6 Å². The molecular weight excluding hydrogens is 817 g/mol. The second kappa shape index (κ2) is 54.5. The van der Waals surface area contributed by atoms with E-state index in [1.807, 2.05) is 0 Å². The van der Waals surface area contributed by atoms with Crippen LogP contribution in [0.3, 0.4) is 0 Å². The van der Waals surface area contributed by atoms with Gasteiger partial charge in [0.2, 0.25) is 0 Å². The van der Waals surface area contributed by atoms with Crippen LogP contribution in [0.25, 0.3) is 0 Å². The quantitative estimate of drug-likeness (QED) is 0.0199. The van der Waals surface area contributed by atoms with Crippen molar-refractivity contribution in [2.75, 3.05) is 13.2 Å². The Hall–Kier alpha value is -3.15. The zero-order chi connectivity index (χ0) is 47.9. The highest BCUT2D eigenvalue weighted by molar-refractivity contribution is 5.71. The van der Waals surface area contributed by atoms with Gasteiger partial charge in [0, 0.05) is 19.3 Å². The third-order valence-electron chi connectivity index (χ3n) is 12.0. The zero-order valence-electron chi connectivity index (χ0n) is 43.4. The zero-order valence-corrected chi connectivity index (χ0v) is 43.4. The van der Waals surface area contributed by atoms with Gasteiger partial charge in [-0.25, -0.2) is 0 Å². The molecule has 0 heterocycles. The van der Waals surface area contributed by atoms with Gasteiger partial charge < -0.3 is 14.2 Å². The first-order valence-electron chi connectivity index (χ1n) is 28.0. The Morgan fingerprint density at radius 2 is 0.636 bits per heavy atom. The van der Waals surface area contributed by atoms with Crippen molar-refractivity contribution in [3.8, 4) is 0 Å². The molecule has 0 radical (unpaired) electrons. The fraction of sp³-hybridized carbons (Fsp3) is 0.750. The second-order valence-corrected chi connectivity index (χ2v) is 18.5. The summed E-state index contributed by atoms with van der Waals surface area (Å²) in [5, 5.41) is 0. The lowest BCUT2D eigenvalue weighted by Crippen LogP contribution is -2.30. The summed E-state index contributed by atoms with van der Waals surface area (Å²) in [7, 11) is 0. The summed E-state index contributed by atoms with van der Waals surface area (Å²) in [6.45, 7) is 6.49. The van der Waals surface area contributed by atoms with Gasteiger partial charge in [0.1, 0.15) is 13.2 Å². The Kier molecular flexibility index (Phi) is 51.9. The summed E-state index contributed by atoms with van der Waals surface area (Å²) < 4.78 is 16.8. The van der Waals surface area contributed by atoms with E-state index in [1.54, 1.807) is 0 Å². The Bertz CT molecular complexity index is 1240. The maximum atomic E-state index is 12.8. The van der Waals surface area contributed by atoms with E-state index in [2.05, 4.69) is 93.7 Å². The molecule has 0 saturated carbocycles. The lowest BCUT2D eigenvalue weighted by atomic mass is 10.1. The molecule has 0 fully saturated rings. The van der Waals surface area contributed by atoms with Crippen molar-refractivity contribution >= 4 is 17.9 Å². The molecule has 0 N–H and O–H groups in total. The monoisotopic (exact) mass is 921 g/mol. The number of hydrogen-bond acceptors (Lipinski definition) is 6.